The number of carbonyl (C=O) groups excluding carboxylic acids is 1. The summed E-state index contributed by atoms with van der Waals surface area (Å²) >= 11 is 0. The smallest absolute Gasteiger partial charge is 0.244 e. The normalized spacial score (nSPS) is 15.8. The fourth-order valence-corrected chi connectivity index (χ4v) is 4.14. The highest BCUT2D eigenvalue weighted by Crippen LogP contribution is 2.32. The number of rotatable bonds is 5. The number of benzene rings is 2. The molecule has 1 saturated heterocycles. The second-order valence-electron chi connectivity index (χ2n) is 8.00. The number of hydrogen-bond acceptors (Lipinski definition) is 3. The Morgan fingerprint density at radius 2 is 1.62 bits per heavy atom. The van der Waals surface area contributed by atoms with E-state index in [0.29, 0.717) is 26.1 Å². The topological polar surface area (TPSA) is 56.2 Å². The average molecular weight is 437 g/mol. The lowest BCUT2D eigenvalue weighted by molar-refractivity contribution is -0.119. The first-order valence-corrected chi connectivity index (χ1v) is 10.5. The molecule has 0 saturated carbocycles. The van der Waals surface area contributed by atoms with Gasteiger partial charge in [0.2, 0.25) is 5.91 Å². The van der Waals surface area contributed by atoms with Crippen LogP contribution >= 0.6 is 0 Å². The van der Waals surface area contributed by atoms with Gasteiger partial charge in [-0.25, -0.2) is 13.5 Å². The van der Waals surface area contributed by atoms with Crippen molar-refractivity contribution in [3.05, 3.63) is 88.8 Å². The molecule has 1 aliphatic rings. The maximum atomic E-state index is 13.4. The SMILES string of the molecule is Cc1nn(-c2ccc(F)cc2)c(C)c1C=CC(=O)NC1(c2ccc(F)cc2)CCOCC1. The van der Waals surface area contributed by atoms with E-state index >= 15 is 0 Å². The van der Waals surface area contributed by atoms with E-state index in [9.17, 15) is 13.6 Å². The molecule has 2 aromatic carbocycles. The predicted molar refractivity (Wildman–Crippen MR) is 118 cm³/mol. The zero-order valence-electron chi connectivity index (χ0n) is 18.1. The molecule has 1 aromatic heterocycles. The van der Waals surface area contributed by atoms with Crippen molar-refractivity contribution >= 4 is 12.0 Å². The van der Waals surface area contributed by atoms with Gasteiger partial charge in [-0.2, -0.15) is 5.10 Å². The van der Waals surface area contributed by atoms with Crippen LogP contribution in [0.1, 0.15) is 35.4 Å². The maximum Gasteiger partial charge on any atom is 0.244 e. The van der Waals surface area contributed by atoms with E-state index in [4.69, 9.17) is 4.74 Å². The molecule has 0 spiro atoms. The molecular weight excluding hydrogens is 412 g/mol. The molecule has 0 unspecified atom stereocenters. The largest absolute Gasteiger partial charge is 0.381 e. The third-order valence-electron chi connectivity index (χ3n) is 5.93. The van der Waals surface area contributed by atoms with Gasteiger partial charge in [0.25, 0.3) is 0 Å². The van der Waals surface area contributed by atoms with Crippen molar-refractivity contribution in [3.8, 4) is 5.69 Å². The molecule has 1 aliphatic heterocycles. The summed E-state index contributed by atoms with van der Waals surface area (Å²) in [6, 6.07) is 12.3. The highest BCUT2D eigenvalue weighted by atomic mass is 19.1. The number of aryl methyl sites for hydroxylation is 1. The Kier molecular flexibility index (Phi) is 6.19. The number of nitrogens with one attached hydrogen (secondary N) is 1. The van der Waals surface area contributed by atoms with Gasteiger partial charge in [0.1, 0.15) is 11.6 Å². The molecule has 32 heavy (non-hydrogen) atoms. The number of hydrogen-bond donors (Lipinski definition) is 1. The van der Waals surface area contributed by atoms with Crippen molar-refractivity contribution in [1.82, 2.24) is 15.1 Å². The first-order chi connectivity index (χ1) is 15.4. The van der Waals surface area contributed by atoms with E-state index in [1.807, 2.05) is 13.8 Å². The summed E-state index contributed by atoms with van der Waals surface area (Å²) in [5, 5.41) is 7.66. The van der Waals surface area contributed by atoms with Crippen LogP contribution < -0.4 is 5.32 Å². The quantitative estimate of drug-likeness (QED) is 0.594. The number of carbonyl (C=O) groups is 1. The van der Waals surface area contributed by atoms with E-state index < -0.39 is 5.54 Å². The van der Waals surface area contributed by atoms with Gasteiger partial charge in [0, 0.05) is 30.5 Å². The maximum absolute atomic E-state index is 13.4. The minimum Gasteiger partial charge on any atom is -0.381 e. The number of aromatic nitrogens is 2. The fraction of sp³-hybridized carbons (Fsp3) is 0.280. The standard InChI is InChI=1S/C25H25F2N3O2/c1-17-23(18(2)30(29-17)22-9-7-21(27)8-10-22)11-12-24(31)28-25(13-15-32-16-14-25)19-3-5-20(26)6-4-19/h3-12H,13-16H2,1-2H3,(H,28,31). The Morgan fingerprint density at radius 1 is 1.03 bits per heavy atom. The molecule has 5 nitrogen and oxygen atoms in total. The first kappa shape index (κ1) is 21.9. The summed E-state index contributed by atoms with van der Waals surface area (Å²) in [7, 11) is 0. The van der Waals surface area contributed by atoms with Crippen LogP contribution in [-0.2, 0) is 15.1 Å². The molecule has 2 heterocycles. The predicted octanol–water partition coefficient (Wildman–Crippen LogP) is 4.60. The molecule has 1 amide bonds. The number of ether oxygens (including phenoxy) is 1. The third kappa shape index (κ3) is 4.48. The lowest BCUT2D eigenvalue weighted by Crippen LogP contribution is -2.49. The van der Waals surface area contributed by atoms with Crippen LogP contribution in [0.15, 0.2) is 54.6 Å². The number of nitrogens with zero attached hydrogens (tertiary/aromatic N) is 2. The van der Waals surface area contributed by atoms with E-state index in [1.54, 1.807) is 35.0 Å². The van der Waals surface area contributed by atoms with Gasteiger partial charge < -0.3 is 10.1 Å². The molecule has 0 atom stereocenters. The van der Waals surface area contributed by atoms with Gasteiger partial charge in [0.15, 0.2) is 0 Å². The second-order valence-corrected chi connectivity index (χ2v) is 8.00. The third-order valence-corrected chi connectivity index (χ3v) is 5.93. The molecular formula is C25H25F2N3O2. The Bertz CT molecular complexity index is 1130. The average Bonchev–Trinajstić information content (AvgIpc) is 3.07. The minimum absolute atomic E-state index is 0.246. The molecule has 1 fully saturated rings. The first-order valence-electron chi connectivity index (χ1n) is 10.5. The van der Waals surface area contributed by atoms with Gasteiger partial charge in [-0.05, 0) is 74.7 Å². The summed E-state index contributed by atoms with van der Waals surface area (Å²) in [5.74, 6) is -0.869. The van der Waals surface area contributed by atoms with E-state index in [-0.39, 0.29) is 17.5 Å². The van der Waals surface area contributed by atoms with Crippen molar-refractivity contribution in [2.24, 2.45) is 0 Å². The minimum atomic E-state index is -0.601. The van der Waals surface area contributed by atoms with Crippen molar-refractivity contribution in [2.75, 3.05) is 13.2 Å². The van der Waals surface area contributed by atoms with Gasteiger partial charge in [-0.15, -0.1) is 0 Å². The highest BCUT2D eigenvalue weighted by molar-refractivity contribution is 5.92. The Morgan fingerprint density at radius 3 is 2.25 bits per heavy atom. The second kappa shape index (κ2) is 9.04. The molecule has 4 rings (SSSR count). The van der Waals surface area contributed by atoms with Crippen molar-refractivity contribution < 1.29 is 18.3 Å². The Hall–Kier alpha value is -3.32. The molecule has 0 bridgehead atoms. The number of amides is 1. The van der Waals surface area contributed by atoms with Crippen LogP contribution in [0.25, 0.3) is 11.8 Å². The summed E-state index contributed by atoms with van der Waals surface area (Å²) < 4.78 is 33.9. The summed E-state index contributed by atoms with van der Waals surface area (Å²) in [5.41, 5.74) is 3.43. The highest BCUT2D eigenvalue weighted by Gasteiger charge is 2.35. The van der Waals surface area contributed by atoms with Crippen LogP contribution in [0.4, 0.5) is 8.78 Å². The molecule has 3 aromatic rings. The zero-order chi connectivity index (χ0) is 22.7. The molecule has 1 N–H and O–H groups in total. The van der Waals surface area contributed by atoms with Crippen molar-refractivity contribution in [2.45, 2.75) is 32.2 Å². The Balaban J connectivity index is 1.56. The van der Waals surface area contributed by atoms with Crippen molar-refractivity contribution in [3.63, 3.8) is 0 Å². The van der Waals surface area contributed by atoms with E-state index in [2.05, 4.69) is 10.4 Å². The van der Waals surface area contributed by atoms with E-state index in [0.717, 1.165) is 28.2 Å². The van der Waals surface area contributed by atoms with Crippen molar-refractivity contribution in [1.29, 1.82) is 0 Å². The van der Waals surface area contributed by atoms with Crippen LogP contribution in [-0.4, -0.2) is 28.9 Å². The van der Waals surface area contributed by atoms with Gasteiger partial charge in [-0.3, -0.25) is 4.79 Å². The van der Waals surface area contributed by atoms with Gasteiger partial charge >= 0.3 is 0 Å². The molecule has 0 aliphatic carbocycles. The molecule has 0 radical (unpaired) electrons. The van der Waals surface area contributed by atoms with Gasteiger partial charge in [0.05, 0.1) is 16.9 Å². The van der Waals surface area contributed by atoms with Crippen LogP contribution in [0.3, 0.4) is 0 Å². The number of halogens is 2. The zero-order valence-corrected chi connectivity index (χ0v) is 18.1. The van der Waals surface area contributed by atoms with E-state index in [1.165, 1.54) is 30.3 Å². The summed E-state index contributed by atoms with van der Waals surface area (Å²) in [6.45, 7) is 4.80. The van der Waals surface area contributed by atoms with Crippen LogP contribution in [0, 0.1) is 25.5 Å². The monoisotopic (exact) mass is 437 g/mol. The lowest BCUT2D eigenvalue weighted by Gasteiger charge is -2.38. The summed E-state index contributed by atoms with van der Waals surface area (Å²) in [6.07, 6.45) is 4.45. The fourth-order valence-electron chi connectivity index (χ4n) is 4.14. The molecule has 7 heteroatoms. The molecule has 166 valence electrons. The van der Waals surface area contributed by atoms with Crippen LogP contribution in [0.5, 0.6) is 0 Å². The lowest BCUT2D eigenvalue weighted by atomic mass is 9.82. The van der Waals surface area contributed by atoms with Crippen LogP contribution in [0.2, 0.25) is 0 Å². The Labute approximate surface area is 185 Å². The summed E-state index contributed by atoms with van der Waals surface area (Å²) in [4.78, 5) is 12.9. The van der Waals surface area contributed by atoms with Gasteiger partial charge in [-0.1, -0.05) is 12.1 Å².